The van der Waals surface area contributed by atoms with E-state index in [4.69, 9.17) is 16.2 Å². The van der Waals surface area contributed by atoms with Crippen molar-refractivity contribution in [3.8, 4) is 16.9 Å². The first-order valence-corrected chi connectivity index (χ1v) is 10.7. The van der Waals surface area contributed by atoms with Crippen LogP contribution in [-0.4, -0.2) is 35.6 Å². The highest BCUT2D eigenvalue weighted by Gasteiger charge is 2.19. The fourth-order valence-electron chi connectivity index (χ4n) is 3.53. The SMILES string of the molecule is COc1cccc(-c2cncc(Nc3nc(N[C@@H](CN)CC(C)C)c(F)cc3C(N)=O)c2)c1F. The Morgan fingerprint density at radius 2 is 1.94 bits per heavy atom. The Morgan fingerprint density at radius 3 is 2.59 bits per heavy atom. The van der Waals surface area contributed by atoms with Crippen LogP contribution in [0.25, 0.3) is 11.1 Å². The number of carbonyl (C=O) groups is 1. The van der Waals surface area contributed by atoms with Crippen LogP contribution >= 0.6 is 0 Å². The summed E-state index contributed by atoms with van der Waals surface area (Å²) in [5.41, 5.74) is 12.2. The highest BCUT2D eigenvalue weighted by atomic mass is 19.1. The molecule has 0 aliphatic rings. The molecule has 0 unspecified atom stereocenters. The van der Waals surface area contributed by atoms with Crippen molar-refractivity contribution in [2.24, 2.45) is 17.4 Å². The molecule has 0 fully saturated rings. The Hall–Kier alpha value is -3.79. The lowest BCUT2D eigenvalue weighted by Gasteiger charge is -2.21. The molecule has 0 aliphatic carbocycles. The van der Waals surface area contributed by atoms with Gasteiger partial charge in [-0.3, -0.25) is 9.78 Å². The number of rotatable bonds is 10. The lowest BCUT2D eigenvalue weighted by molar-refractivity contribution is 0.100. The minimum Gasteiger partial charge on any atom is -0.494 e. The van der Waals surface area contributed by atoms with Crippen molar-refractivity contribution in [3.63, 3.8) is 0 Å². The van der Waals surface area contributed by atoms with Crippen molar-refractivity contribution in [1.29, 1.82) is 0 Å². The first-order valence-electron chi connectivity index (χ1n) is 10.7. The molecule has 0 radical (unpaired) electrons. The highest BCUT2D eigenvalue weighted by molar-refractivity contribution is 5.98. The van der Waals surface area contributed by atoms with E-state index in [1.54, 1.807) is 18.2 Å². The molecule has 0 bridgehead atoms. The van der Waals surface area contributed by atoms with Gasteiger partial charge in [-0.2, -0.15) is 0 Å². The third-order valence-electron chi connectivity index (χ3n) is 5.12. The molecule has 1 amide bonds. The molecule has 3 rings (SSSR count). The van der Waals surface area contributed by atoms with Gasteiger partial charge in [0.15, 0.2) is 23.2 Å². The van der Waals surface area contributed by atoms with Crippen molar-refractivity contribution < 1.29 is 18.3 Å². The van der Waals surface area contributed by atoms with E-state index in [1.165, 1.54) is 25.6 Å². The second kappa shape index (κ2) is 10.9. The third-order valence-corrected chi connectivity index (χ3v) is 5.12. The van der Waals surface area contributed by atoms with Gasteiger partial charge in [-0.1, -0.05) is 26.0 Å². The zero-order valence-corrected chi connectivity index (χ0v) is 19.2. The van der Waals surface area contributed by atoms with Crippen LogP contribution in [0.15, 0.2) is 42.7 Å². The summed E-state index contributed by atoms with van der Waals surface area (Å²) < 4.78 is 34.5. The maximum absolute atomic E-state index is 14.7. The summed E-state index contributed by atoms with van der Waals surface area (Å²) in [5.74, 6) is -1.73. The molecule has 34 heavy (non-hydrogen) atoms. The Kier molecular flexibility index (Phi) is 7.95. The zero-order valence-electron chi connectivity index (χ0n) is 19.2. The van der Waals surface area contributed by atoms with E-state index in [1.807, 2.05) is 13.8 Å². The number of halogens is 2. The number of pyridine rings is 2. The molecule has 2 heterocycles. The molecule has 0 saturated carbocycles. The summed E-state index contributed by atoms with van der Waals surface area (Å²) >= 11 is 0. The van der Waals surface area contributed by atoms with Crippen LogP contribution in [0, 0.1) is 17.6 Å². The van der Waals surface area contributed by atoms with Gasteiger partial charge in [0, 0.05) is 29.9 Å². The van der Waals surface area contributed by atoms with Crippen LogP contribution in [0.3, 0.4) is 0 Å². The molecule has 2 aromatic heterocycles. The summed E-state index contributed by atoms with van der Waals surface area (Å²) in [4.78, 5) is 20.4. The highest BCUT2D eigenvalue weighted by Crippen LogP contribution is 2.31. The number of nitrogens with two attached hydrogens (primary N) is 2. The minimum absolute atomic E-state index is 0.0294. The lowest BCUT2D eigenvalue weighted by Crippen LogP contribution is -2.31. The summed E-state index contributed by atoms with van der Waals surface area (Å²) in [7, 11) is 1.38. The Labute approximate surface area is 196 Å². The number of carbonyl (C=O) groups excluding carboxylic acids is 1. The van der Waals surface area contributed by atoms with E-state index in [-0.39, 0.29) is 41.1 Å². The average Bonchev–Trinajstić information content (AvgIpc) is 2.80. The summed E-state index contributed by atoms with van der Waals surface area (Å²) in [6, 6.07) is 7.19. The molecule has 1 aromatic carbocycles. The van der Waals surface area contributed by atoms with Crippen LogP contribution in [0.1, 0.15) is 30.6 Å². The number of benzene rings is 1. The first kappa shape index (κ1) is 24.8. The Balaban J connectivity index is 1.97. The number of methoxy groups -OCH3 is 1. The van der Waals surface area contributed by atoms with Crippen LogP contribution < -0.4 is 26.8 Å². The van der Waals surface area contributed by atoms with Crippen molar-refractivity contribution in [2.75, 3.05) is 24.3 Å². The second-order valence-corrected chi connectivity index (χ2v) is 8.19. The first-order chi connectivity index (χ1) is 16.2. The van der Waals surface area contributed by atoms with Gasteiger partial charge in [0.05, 0.1) is 24.6 Å². The predicted molar refractivity (Wildman–Crippen MR) is 128 cm³/mol. The molecule has 8 nitrogen and oxygen atoms in total. The molecule has 180 valence electrons. The summed E-state index contributed by atoms with van der Waals surface area (Å²) in [6.07, 6.45) is 3.66. The molecular formula is C24H28F2N6O2. The number of nitrogens with one attached hydrogen (secondary N) is 2. The molecule has 3 aromatic rings. The van der Waals surface area contributed by atoms with Gasteiger partial charge in [-0.05, 0) is 30.5 Å². The van der Waals surface area contributed by atoms with E-state index in [0.29, 0.717) is 23.6 Å². The van der Waals surface area contributed by atoms with Crippen LogP contribution in [0.5, 0.6) is 5.75 Å². The number of ether oxygens (including phenoxy) is 1. The van der Waals surface area contributed by atoms with E-state index < -0.39 is 17.5 Å². The van der Waals surface area contributed by atoms with E-state index in [2.05, 4.69) is 20.6 Å². The number of amides is 1. The number of nitrogens with zero attached hydrogens (tertiary/aromatic N) is 2. The van der Waals surface area contributed by atoms with Gasteiger partial charge in [0.25, 0.3) is 5.91 Å². The lowest BCUT2D eigenvalue weighted by atomic mass is 10.0. The van der Waals surface area contributed by atoms with Gasteiger partial charge >= 0.3 is 0 Å². The maximum Gasteiger partial charge on any atom is 0.252 e. The fraction of sp³-hybridized carbons (Fsp3) is 0.292. The van der Waals surface area contributed by atoms with Gasteiger partial charge < -0.3 is 26.8 Å². The smallest absolute Gasteiger partial charge is 0.252 e. The third kappa shape index (κ3) is 5.76. The van der Waals surface area contributed by atoms with E-state index in [0.717, 1.165) is 6.07 Å². The number of anilines is 3. The number of primary amides is 1. The molecule has 1 atom stereocenters. The molecular weight excluding hydrogens is 442 g/mol. The Bertz CT molecular complexity index is 1170. The number of hydrogen-bond acceptors (Lipinski definition) is 7. The number of aromatic nitrogens is 2. The maximum atomic E-state index is 14.7. The predicted octanol–water partition coefficient (Wildman–Crippen LogP) is 4.06. The van der Waals surface area contributed by atoms with Gasteiger partial charge in [0.2, 0.25) is 0 Å². The van der Waals surface area contributed by atoms with Gasteiger partial charge in [0.1, 0.15) is 5.82 Å². The Morgan fingerprint density at radius 1 is 1.18 bits per heavy atom. The molecule has 6 N–H and O–H groups in total. The topological polar surface area (TPSA) is 128 Å². The quantitative estimate of drug-likeness (QED) is 0.352. The van der Waals surface area contributed by atoms with Crippen molar-refractivity contribution >= 4 is 23.2 Å². The molecule has 0 spiro atoms. The monoisotopic (exact) mass is 470 g/mol. The fourth-order valence-corrected chi connectivity index (χ4v) is 3.53. The largest absolute Gasteiger partial charge is 0.494 e. The summed E-state index contributed by atoms with van der Waals surface area (Å²) in [5, 5.41) is 5.94. The van der Waals surface area contributed by atoms with Crippen molar-refractivity contribution in [1.82, 2.24) is 9.97 Å². The number of hydrogen-bond donors (Lipinski definition) is 4. The van der Waals surface area contributed by atoms with E-state index >= 15 is 0 Å². The van der Waals surface area contributed by atoms with Crippen LogP contribution in [0.2, 0.25) is 0 Å². The average molecular weight is 471 g/mol. The zero-order chi connectivity index (χ0) is 24.8. The second-order valence-electron chi connectivity index (χ2n) is 8.19. The van der Waals surface area contributed by atoms with E-state index in [9.17, 15) is 13.6 Å². The van der Waals surface area contributed by atoms with Crippen molar-refractivity contribution in [3.05, 3.63) is 59.9 Å². The molecule has 10 heteroatoms. The molecule has 0 aliphatic heterocycles. The van der Waals surface area contributed by atoms with Gasteiger partial charge in [-0.25, -0.2) is 13.8 Å². The summed E-state index contributed by atoms with van der Waals surface area (Å²) in [6.45, 7) is 4.34. The van der Waals surface area contributed by atoms with Crippen LogP contribution in [-0.2, 0) is 0 Å². The van der Waals surface area contributed by atoms with Gasteiger partial charge in [-0.15, -0.1) is 0 Å². The van der Waals surface area contributed by atoms with Crippen molar-refractivity contribution in [2.45, 2.75) is 26.3 Å². The normalized spacial score (nSPS) is 11.9. The van der Waals surface area contributed by atoms with Crippen LogP contribution in [0.4, 0.5) is 26.1 Å². The minimum atomic E-state index is -0.860. The molecule has 0 saturated heterocycles. The standard InChI is InChI=1S/C24H28F2N6O2/c1-13(2)7-15(10-27)30-24-19(25)9-18(22(28)33)23(32-24)31-16-8-14(11-29-12-16)17-5-4-6-20(34-3)21(17)26/h4-6,8-9,11-13,15H,7,10,27H2,1-3H3,(H2,28,33)(H2,30,31,32)/t15-/m1/s1.